The van der Waals surface area contributed by atoms with E-state index in [4.69, 9.17) is 9.47 Å². The maximum atomic E-state index is 5.81. The van der Waals surface area contributed by atoms with E-state index >= 15 is 0 Å². The Kier molecular flexibility index (Phi) is 5.46. The van der Waals surface area contributed by atoms with E-state index < -0.39 is 0 Å². The summed E-state index contributed by atoms with van der Waals surface area (Å²) >= 11 is 0. The van der Waals surface area contributed by atoms with Crippen LogP contribution in [0.4, 0.5) is 0 Å². The number of nitrogens with one attached hydrogen (secondary N) is 1. The van der Waals surface area contributed by atoms with Crippen molar-refractivity contribution in [2.45, 2.75) is 64.5 Å². The highest BCUT2D eigenvalue weighted by Gasteiger charge is 2.29. The van der Waals surface area contributed by atoms with Crippen LogP contribution in [0.25, 0.3) is 0 Å². The van der Waals surface area contributed by atoms with Crippen molar-refractivity contribution in [1.29, 1.82) is 0 Å². The van der Waals surface area contributed by atoms with Gasteiger partial charge in [-0.2, -0.15) is 0 Å². The Hall–Kier alpha value is -0.120. The lowest BCUT2D eigenvalue weighted by Gasteiger charge is -2.37. The molecule has 0 aromatic carbocycles. The second-order valence-electron chi connectivity index (χ2n) is 6.31. The Morgan fingerprint density at radius 2 is 2.00 bits per heavy atom. The lowest BCUT2D eigenvalue weighted by atomic mass is 9.82. The van der Waals surface area contributed by atoms with Crippen molar-refractivity contribution in [2.75, 3.05) is 26.4 Å². The van der Waals surface area contributed by atoms with Crippen LogP contribution in [-0.4, -0.2) is 38.5 Å². The van der Waals surface area contributed by atoms with Gasteiger partial charge in [-0.15, -0.1) is 0 Å². The van der Waals surface area contributed by atoms with E-state index in [1.165, 1.54) is 38.5 Å². The Morgan fingerprint density at radius 1 is 1.22 bits per heavy atom. The molecule has 2 fully saturated rings. The fourth-order valence-electron chi connectivity index (χ4n) is 3.02. The van der Waals surface area contributed by atoms with Gasteiger partial charge in [-0.05, 0) is 37.5 Å². The zero-order valence-corrected chi connectivity index (χ0v) is 12.0. The maximum absolute atomic E-state index is 5.81. The molecule has 106 valence electrons. The van der Waals surface area contributed by atoms with Crippen LogP contribution in [0.1, 0.15) is 52.4 Å². The summed E-state index contributed by atoms with van der Waals surface area (Å²) in [7, 11) is 0. The first-order valence-electron chi connectivity index (χ1n) is 7.64. The summed E-state index contributed by atoms with van der Waals surface area (Å²) < 4.78 is 11.3. The van der Waals surface area contributed by atoms with Gasteiger partial charge in [0.05, 0.1) is 6.10 Å². The van der Waals surface area contributed by atoms with E-state index in [0.29, 0.717) is 17.6 Å². The summed E-state index contributed by atoms with van der Waals surface area (Å²) in [4.78, 5) is 0. The lowest BCUT2D eigenvalue weighted by molar-refractivity contribution is -0.0107. The molecule has 0 radical (unpaired) electrons. The normalized spacial score (nSPS) is 32.3. The minimum atomic E-state index is 0.441. The number of ether oxygens (including phenoxy) is 2. The van der Waals surface area contributed by atoms with Crippen LogP contribution >= 0.6 is 0 Å². The summed E-state index contributed by atoms with van der Waals surface area (Å²) in [5.41, 5.74) is 0.441. The van der Waals surface area contributed by atoms with Crippen molar-refractivity contribution in [2.24, 2.45) is 5.41 Å². The van der Waals surface area contributed by atoms with Crippen molar-refractivity contribution in [3.63, 3.8) is 0 Å². The van der Waals surface area contributed by atoms with E-state index in [1.807, 2.05) is 0 Å². The molecule has 0 aromatic heterocycles. The largest absolute Gasteiger partial charge is 0.381 e. The predicted octanol–water partition coefficient (Wildman–Crippen LogP) is 2.74. The molecule has 0 aliphatic carbocycles. The molecule has 0 bridgehead atoms. The average molecular weight is 255 g/mol. The van der Waals surface area contributed by atoms with Gasteiger partial charge in [0.15, 0.2) is 0 Å². The van der Waals surface area contributed by atoms with E-state index in [2.05, 4.69) is 19.2 Å². The van der Waals surface area contributed by atoms with Crippen molar-refractivity contribution in [3.8, 4) is 0 Å². The monoisotopic (exact) mass is 255 g/mol. The third-order valence-corrected chi connectivity index (χ3v) is 4.50. The van der Waals surface area contributed by atoms with Crippen LogP contribution in [0.3, 0.4) is 0 Å². The van der Waals surface area contributed by atoms with Gasteiger partial charge in [-0.1, -0.05) is 20.3 Å². The fourth-order valence-corrected chi connectivity index (χ4v) is 3.02. The highest BCUT2D eigenvalue weighted by atomic mass is 16.5. The molecule has 1 N–H and O–H groups in total. The molecule has 3 nitrogen and oxygen atoms in total. The molecule has 0 spiro atoms. The topological polar surface area (TPSA) is 30.5 Å². The van der Waals surface area contributed by atoms with Crippen LogP contribution < -0.4 is 5.32 Å². The summed E-state index contributed by atoms with van der Waals surface area (Å²) in [6.07, 6.45) is 7.69. The Morgan fingerprint density at radius 3 is 2.72 bits per heavy atom. The van der Waals surface area contributed by atoms with Gasteiger partial charge >= 0.3 is 0 Å². The maximum Gasteiger partial charge on any atom is 0.0589 e. The standard InChI is InChI=1S/C15H29NO2/c1-3-4-14-11-13(5-8-18-14)16-12-15(2)6-9-17-10-7-15/h13-14,16H,3-12H2,1-2H3. The third kappa shape index (κ3) is 4.22. The molecule has 3 heteroatoms. The SMILES string of the molecule is CCCC1CC(NCC2(C)CCOCC2)CCO1. The second kappa shape index (κ2) is 6.88. The van der Waals surface area contributed by atoms with Crippen molar-refractivity contribution >= 4 is 0 Å². The average Bonchev–Trinajstić information content (AvgIpc) is 2.38. The zero-order valence-electron chi connectivity index (χ0n) is 12.0. The number of hydrogen-bond acceptors (Lipinski definition) is 3. The molecule has 2 aliphatic rings. The molecule has 2 saturated heterocycles. The molecular formula is C15H29NO2. The summed E-state index contributed by atoms with van der Waals surface area (Å²) in [5.74, 6) is 0. The molecule has 2 unspecified atom stereocenters. The van der Waals surface area contributed by atoms with E-state index in [9.17, 15) is 0 Å². The molecule has 2 aliphatic heterocycles. The van der Waals surface area contributed by atoms with Gasteiger partial charge in [0.1, 0.15) is 0 Å². The highest BCUT2D eigenvalue weighted by Crippen LogP contribution is 2.29. The van der Waals surface area contributed by atoms with Gasteiger partial charge in [0.2, 0.25) is 0 Å². The first-order valence-corrected chi connectivity index (χ1v) is 7.64. The Labute approximate surface area is 112 Å². The molecular weight excluding hydrogens is 226 g/mol. The second-order valence-corrected chi connectivity index (χ2v) is 6.31. The van der Waals surface area contributed by atoms with Gasteiger partial charge in [-0.25, -0.2) is 0 Å². The van der Waals surface area contributed by atoms with Crippen LogP contribution in [0.5, 0.6) is 0 Å². The molecule has 18 heavy (non-hydrogen) atoms. The summed E-state index contributed by atoms with van der Waals surface area (Å²) in [5, 5.41) is 3.78. The molecule has 0 amide bonds. The highest BCUT2D eigenvalue weighted by molar-refractivity contribution is 4.83. The minimum Gasteiger partial charge on any atom is -0.381 e. The molecule has 0 saturated carbocycles. The first-order chi connectivity index (χ1) is 8.72. The Balaban J connectivity index is 1.72. The van der Waals surface area contributed by atoms with E-state index in [1.54, 1.807) is 0 Å². The quantitative estimate of drug-likeness (QED) is 0.819. The summed E-state index contributed by atoms with van der Waals surface area (Å²) in [6, 6.07) is 0.662. The van der Waals surface area contributed by atoms with E-state index in [0.717, 1.165) is 26.4 Å². The predicted molar refractivity (Wildman–Crippen MR) is 73.8 cm³/mol. The fraction of sp³-hybridized carbons (Fsp3) is 1.00. The van der Waals surface area contributed by atoms with Crippen molar-refractivity contribution in [3.05, 3.63) is 0 Å². The van der Waals surface area contributed by atoms with Gasteiger partial charge in [-0.3, -0.25) is 0 Å². The van der Waals surface area contributed by atoms with E-state index in [-0.39, 0.29) is 0 Å². The molecule has 2 atom stereocenters. The third-order valence-electron chi connectivity index (χ3n) is 4.50. The number of hydrogen-bond donors (Lipinski definition) is 1. The van der Waals surface area contributed by atoms with Crippen LogP contribution in [-0.2, 0) is 9.47 Å². The van der Waals surface area contributed by atoms with Gasteiger partial charge in [0.25, 0.3) is 0 Å². The van der Waals surface area contributed by atoms with Crippen molar-refractivity contribution in [1.82, 2.24) is 5.32 Å². The van der Waals surface area contributed by atoms with Gasteiger partial charge in [0, 0.05) is 32.4 Å². The van der Waals surface area contributed by atoms with Gasteiger partial charge < -0.3 is 14.8 Å². The van der Waals surface area contributed by atoms with Crippen molar-refractivity contribution < 1.29 is 9.47 Å². The lowest BCUT2D eigenvalue weighted by Crippen LogP contribution is -2.45. The number of rotatable bonds is 5. The summed E-state index contributed by atoms with van der Waals surface area (Å²) in [6.45, 7) is 8.58. The van der Waals surface area contributed by atoms with Crippen LogP contribution in [0, 0.1) is 5.41 Å². The Bertz CT molecular complexity index is 237. The smallest absolute Gasteiger partial charge is 0.0589 e. The minimum absolute atomic E-state index is 0.441. The zero-order chi connectivity index (χ0) is 12.8. The molecule has 2 heterocycles. The first kappa shape index (κ1) is 14.3. The molecule has 2 rings (SSSR count). The van der Waals surface area contributed by atoms with Crippen LogP contribution in [0.15, 0.2) is 0 Å². The van der Waals surface area contributed by atoms with Crippen LogP contribution in [0.2, 0.25) is 0 Å². The molecule has 0 aromatic rings.